The largest absolute Gasteiger partial charge is 0.399 e. The van der Waals surface area contributed by atoms with E-state index in [-0.39, 0.29) is 0 Å². The molecule has 0 radical (unpaired) electrons. The van der Waals surface area contributed by atoms with E-state index in [1.165, 1.54) is 16.8 Å². The highest BCUT2D eigenvalue weighted by Gasteiger charge is 2.24. The first-order valence-electron chi connectivity index (χ1n) is 6.93. The van der Waals surface area contributed by atoms with Gasteiger partial charge in [0.05, 0.1) is 0 Å². The maximum absolute atomic E-state index is 6.02. The molecule has 1 unspecified atom stereocenters. The van der Waals surface area contributed by atoms with Crippen LogP contribution in [0.4, 0.5) is 11.4 Å². The Morgan fingerprint density at radius 1 is 1.11 bits per heavy atom. The van der Waals surface area contributed by atoms with Crippen LogP contribution in [0.1, 0.15) is 18.1 Å². The molecular formula is C17H20N2. The van der Waals surface area contributed by atoms with Crippen LogP contribution in [0.3, 0.4) is 0 Å². The molecule has 2 heteroatoms. The molecule has 0 saturated carbocycles. The minimum absolute atomic E-state index is 0.585. The average Bonchev–Trinajstić information content (AvgIpc) is 2.74. The van der Waals surface area contributed by atoms with E-state index >= 15 is 0 Å². The van der Waals surface area contributed by atoms with Crippen molar-refractivity contribution >= 4 is 11.4 Å². The number of benzene rings is 2. The van der Waals surface area contributed by atoms with Crippen LogP contribution < -0.4 is 10.6 Å². The zero-order chi connectivity index (χ0) is 13.2. The Morgan fingerprint density at radius 3 is 2.68 bits per heavy atom. The van der Waals surface area contributed by atoms with Crippen LogP contribution in [0.25, 0.3) is 0 Å². The Hall–Kier alpha value is -1.96. The fourth-order valence-electron chi connectivity index (χ4n) is 2.97. The molecule has 1 aliphatic heterocycles. The topological polar surface area (TPSA) is 29.3 Å². The van der Waals surface area contributed by atoms with Crippen LogP contribution in [0, 0.1) is 0 Å². The summed E-state index contributed by atoms with van der Waals surface area (Å²) in [5, 5.41) is 0. The van der Waals surface area contributed by atoms with Crippen molar-refractivity contribution in [2.75, 3.05) is 17.2 Å². The van der Waals surface area contributed by atoms with Crippen molar-refractivity contribution in [3.05, 3.63) is 59.7 Å². The predicted octanol–water partition coefficient (Wildman–Crippen LogP) is 3.26. The first-order chi connectivity index (χ1) is 9.25. The normalized spacial score (nSPS) is 17.5. The molecule has 2 N–H and O–H groups in total. The molecule has 1 heterocycles. The molecule has 0 amide bonds. The van der Waals surface area contributed by atoms with Crippen molar-refractivity contribution < 1.29 is 0 Å². The van der Waals surface area contributed by atoms with Crippen LogP contribution in [0.15, 0.2) is 48.5 Å². The monoisotopic (exact) mass is 252 g/mol. The van der Waals surface area contributed by atoms with Gasteiger partial charge in [0.15, 0.2) is 0 Å². The van der Waals surface area contributed by atoms with Gasteiger partial charge in [0.2, 0.25) is 0 Å². The zero-order valence-electron chi connectivity index (χ0n) is 11.3. The molecule has 98 valence electrons. The molecule has 2 aromatic carbocycles. The fourth-order valence-corrected chi connectivity index (χ4v) is 2.97. The Bertz CT molecular complexity index is 577. The van der Waals surface area contributed by atoms with Crippen LogP contribution in [-0.4, -0.2) is 12.6 Å². The van der Waals surface area contributed by atoms with Gasteiger partial charge in [-0.2, -0.15) is 0 Å². The molecule has 0 bridgehead atoms. The van der Waals surface area contributed by atoms with Gasteiger partial charge in [0, 0.05) is 24.0 Å². The van der Waals surface area contributed by atoms with Gasteiger partial charge < -0.3 is 10.6 Å². The lowest BCUT2D eigenvalue weighted by Crippen LogP contribution is -2.31. The molecule has 0 saturated heterocycles. The smallest absolute Gasteiger partial charge is 0.0402 e. The van der Waals surface area contributed by atoms with Crippen molar-refractivity contribution in [3.8, 4) is 0 Å². The fraction of sp³-hybridized carbons (Fsp3) is 0.294. The summed E-state index contributed by atoms with van der Waals surface area (Å²) in [6.45, 7) is 3.33. The molecular weight excluding hydrogens is 232 g/mol. The minimum Gasteiger partial charge on any atom is -0.399 e. The maximum Gasteiger partial charge on any atom is 0.0402 e. The molecule has 0 fully saturated rings. The lowest BCUT2D eigenvalue weighted by molar-refractivity contribution is 0.670. The standard InChI is InChI=1S/C17H20N2/c1-13-12-15-7-3-5-9-17(15)19(13)11-10-14-6-2-4-8-16(14)18/h2-9,13H,10-12,18H2,1H3. The molecule has 3 rings (SSSR count). The Kier molecular flexibility index (Phi) is 3.16. The molecule has 1 aliphatic rings. The highest BCUT2D eigenvalue weighted by atomic mass is 15.2. The maximum atomic E-state index is 6.02. The van der Waals surface area contributed by atoms with E-state index in [0.717, 1.165) is 25.1 Å². The highest BCUT2D eigenvalue weighted by molar-refractivity contribution is 5.59. The van der Waals surface area contributed by atoms with Gasteiger partial charge >= 0.3 is 0 Å². The summed E-state index contributed by atoms with van der Waals surface area (Å²) in [5.74, 6) is 0. The van der Waals surface area contributed by atoms with Crippen LogP contribution in [-0.2, 0) is 12.8 Å². The second-order valence-electron chi connectivity index (χ2n) is 5.32. The van der Waals surface area contributed by atoms with Gasteiger partial charge in [0.25, 0.3) is 0 Å². The summed E-state index contributed by atoms with van der Waals surface area (Å²) < 4.78 is 0. The van der Waals surface area contributed by atoms with Crippen LogP contribution >= 0.6 is 0 Å². The second kappa shape index (κ2) is 4.96. The van der Waals surface area contributed by atoms with E-state index in [2.05, 4.69) is 48.2 Å². The lowest BCUT2D eigenvalue weighted by atomic mass is 10.1. The molecule has 0 aromatic heterocycles. The minimum atomic E-state index is 0.585. The molecule has 0 aliphatic carbocycles. The number of rotatable bonds is 3. The van der Waals surface area contributed by atoms with E-state index in [4.69, 9.17) is 5.73 Å². The number of hydrogen-bond acceptors (Lipinski definition) is 2. The van der Waals surface area contributed by atoms with Gasteiger partial charge in [-0.1, -0.05) is 36.4 Å². The van der Waals surface area contributed by atoms with Crippen LogP contribution in [0.5, 0.6) is 0 Å². The third kappa shape index (κ3) is 2.30. The molecule has 19 heavy (non-hydrogen) atoms. The first-order valence-corrected chi connectivity index (χ1v) is 6.93. The van der Waals surface area contributed by atoms with E-state index in [1.807, 2.05) is 12.1 Å². The summed E-state index contributed by atoms with van der Waals surface area (Å²) in [5.41, 5.74) is 11.0. The number of hydrogen-bond donors (Lipinski definition) is 1. The lowest BCUT2D eigenvalue weighted by Gasteiger charge is -2.25. The van der Waals surface area contributed by atoms with Crippen molar-refractivity contribution in [2.24, 2.45) is 0 Å². The number of nitrogens with two attached hydrogens (primary N) is 1. The first kappa shape index (κ1) is 12.1. The third-order valence-corrected chi connectivity index (χ3v) is 4.03. The Labute approximate surface area is 114 Å². The number of nitrogen functional groups attached to an aromatic ring is 1. The van der Waals surface area contributed by atoms with Gasteiger partial charge in [-0.05, 0) is 43.0 Å². The van der Waals surface area contributed by atoms with Gasteiger partial charge in [-0.25, -0.2) is 0 Å². The summed E-state index contributed by atoms with van der Waals surface area (Å²) in [6.07, 6.45) is 2.16. The van der Waals surface area contributed by atoms with Crippen molar-refractivity contribution in [1.29, 1.82) is 0 Å². The molecule has 0 spiro atoms. The van der Waals surface area contributed by atoms with Gasteiger partial charge in [0.1, 0.15) is 0 Å². The second-order valence-corrected chi connectivity index (χ2v) is 5.32. The number of anilines is 2. The summed E-state index contributed by atoms with van der Waals surface area (Å²) >= 11 is 0. The highest BCUT2D eigenvalue weighted by Crippen LogP contribution is 2.31. The number of nitrogens with zero attached hydrogens (tertiary/aromatic N) is 1. The quantitative estimate of drug-likeness (QED) is 0.850. The zero-order valence-corrected chi connectivity index (χ0v) is 11.3. The Balaban J connectivity index is 1.76. The third-order valence-electron chi connectivity index (χ3n) is 4.03. The Morgan fingerprint density at radius 2 is 1.84 bits per heavy atom. The molecule has 2 nitrogen and oxygen atoms in total. The van der Waals surface area contributed by atoms with E-state index in [1.54, 1.807) is 0 Å². The average molecular weight is 252 g/mol. The summed E-state index contributed by atoms with van der Waals surface area (Å²) in [7, 11) is 0. The van der Waals surface area contributed by atoms with E-state index in [9.17, 15) is 0 Å². The number of para-hydroxylation sites is 2. The number of fused-ring (bicyclic) bond motifs is 1. The molecule has 2 aromatic rings. The van der Waals surface area contributed by atoms with E-state index < -0.39 is 0 Å². The van der Waals surface area contributed by atoms with Crippen molar-refractivity contribution in [2.45, 2.75) is 25.8 Å². The summed E-state index contributed by atoms with van der Waals surface area (Å²) in [4.78, 5) is 2.50. The van der Waals surface area contributed by atoms with E-state index in [0.29, 0.717) is 6.04 Å². The van der Waals surface area contributed by atoms with Gasteiger partial charge in [-0.15, -0.1) is 0 Å². The van der Waals surface area contributed by atoms with Crippen molar-refractivity contribution in [1.82, 2.24) is 0 Å². The van der Waals surface area contributed by atoms with Crippen LogP contribution in [0.2, 0.25) is 0 Å². The van der Waals surface area contributed by atoms with Crippen molar-refractivity contribution in [3.63, 3.8) is 0 Å². The SMILES string of the molecule is CC1Cc2ccccc2N1CCc1ccccc1N. The predicted molar refractivity (Wildman–Crippen MR) is 81.5 cm³/mol. The van der Waals surface area contributed by atoms with Gasteiger partial charge in [-0.3, -0.25) is 0 Å². The molecule has 1 atom stereocenters. The summed E-state index contributed by atoms with van der Waals surface area (Å²) in [6, 6.07) is 17.5.